The minimum atomic E-state index is -3.08. The highest BCUT2D eigenvalue weighted by Gasteiger charge is 2.38. The van der Waals surface area contributed by atoms with E-state index in [2.05, 4.69) is 0 Å². The average molecular weight is 334 g/mol. The quantitative estimate of drug-likeness (QED) is 0.828. The zero-order valence-corrected chi connectivity index (χ0v) is 13.3. The van der Waals surface area contributed by atoms with E-state index in [4.69, 9.17) is 11.6 Å². The van der Waals surface area contributed by atoms with Crippen LogP contribution < -0.4 is 0 Å². The predicted octanol–water partition coefficient (Wildman–Crippen LogP) is 2.06. The summed E-state index contributed by atoms with van der Waals surface area (Å²) in [5, 5.41) is -0.152. The third kappa shape index (κ3) is 3.55. The van der Waals surface area contributed by atoms with Gasteiger partial charge in [-0.3, -0.25) is 4.79 Å². The van der Waals surface area contributed by atoms with Crippen molar-refractivity contribution in [1.82, 2.24) is 4.90 Å². The lowest BCUT2D eigenvalue weighted by molar-refractivity contribution is -0.134. The zero-order valence-electron chi connectivity index (χ0n) is 11.7. The van der Waals surface area contributed by atoms with Gasteiger partial charge in [0.1, 0.15) is 5.82 Å². The van der Waals surface area contributed by atoms with Gasteiger partial charge >= 0.3 is 0 Å². The number of carbonyl (C=O) groups is 1. The number of carbonyl (C=O) groups excluding carboxylic acids is 1. The van der Waals surface area contributed by atoms with E-state index in [-0.39, 0.29) is 37.6 Å². The first-order valence-electron chi connectivity index (χ1n) is 6.77. The SMILES string of the molecule is CCS(=O)(=O)C1CN(C(=O)CCc2c(F)cccc2Cl)C1. The van der Waals surface area contributed by atoms with Crippen molar-refractivity contribution in [3.05, 3.63) is 34.6 Å². The molecular formula is C14H17ClFNO3S. The standard InChI is InChI=1S/C14H17ClFNO3S/c1-2-21(19,20)10-8-17(9-10)14(18)7-6-11-12(15)4-3-5-13(11)16/h3-5,10H,2,6-9H2,1H3. The Morgan fingerprint density at radius 3 is 2.67 bits per heavy atom. The van der Waals surface area contributed by atoms with Gasteiger partial charge in [-0.1, -0.05) is 24.6 Å². The third-order valence-corrected chi connectivity index (χ3v) is 6.23. The van der Waals surface area contributed by atoms with Crippen LogP contribution in [-0.4, -0.2) is 43.3 Å². The molecule has 0 unspecified atom stereocenters. The fraction of sp³-hybridized carbons (Fsp3) is 0.500. The molecule has 0 atom stereocenters. The van der Waals surface area contributed by atoms with Crippen molar-refractivity contribution in [2.24, 2.45) is 0 Å². The molecule has 1 fully saturated rings. The van der Waals surface area contributed by atoms with Crippen LogP contribution in [0.3, 0.4) is 0 Å². The summed E-state index contributed by atoms with van der Waals surface area (Å²) in [7, 11) is -3.08. The molecule has 1 aromatic carbocycles. The van der Waals surface area contributed by atoms with Crippen LogP contribution in [0.4, 0.5) is 4.39 Å². The summed E-state index contributed by atoms with van der Waals surface area (Å²) < 4.78 is 36.8. The number of amides is 1. The summed E-state index contributed by atoms with van der Waals surface area (Å²) in [4.78, 5) is 13.4. The van der Waals surface area contributed by atoms with E-state index in [1.807, 2.05) is 0 Å². The predicted molar refractivity (Wildman–Crippen MR) is 79.6 cm³/mol. The Balaban J connectivity index is 1.88. The van der Waals surface area contributed by atoms with Crippen molar-refractivity contribution in [2.45, 2.75) is 25.0 Å². The summed E-state index contributed by atoms with van der Waals surface area (Å²) in [6, 6.07) is 4.40. The number of hydrogen-bond acceptors (Lipinski definition) is 3. The molecule has 1 aliphatic rings. The Morgan fingerprint density at radius 1 is 1.43 bits per heavy atom. The van der Waals surface area contributed by atoms with Crippen molar-refractivity contribution in [3.63, 3.8) is 0 Å². The van der Waals surface area contributed by atoms with Crippen LogP contribution in [0.15, 0.2) is 18.2 Å². The van der Waals surface area contributed by atoms with Gasteiger partial charge in [0.2, 0.25) is 5.91 Å². The Morgan fingerprint density at radius 2 is 2.10 bits per heavy atom. The molecule has 7 heteroatoms. The second kappa shape index (κ2) is 6.32. The second-order valence-corrected chi connectivity index (χ2v) is 8.05. The van der Waals surface area contributed by atoms with Crippen molar-refractivity contribution in [3.8, 4) is 0 Å². The molecule has 0 saturated carbocycles. The first-order chi connectivity index (χ1) is 9.85. The van der Waals surface area contributed by atoms with Gasteiger partial charge in [-0.05, 0) is 18.6 Å². The fourth-order valence-corrected chi connectivity index (χ4v) is 3.81. The summed E-state index contributed by atoms with van der Waals surface area (Å²) in [6.45, 7) is 2.07. The molecule has 0 radical (unpaired) electrons. The van der Waals surface area contributed by atoms with E-state index in [9.17, 15) is 17.6 Å². The largest absolute Gasteiger partial charge is 0.340 e. The summed E-state index contributed by atoms with van der Waals surface area (Å²) >= 11 is 5.90. The third-order valence-electron chi connectivity index (χ3n) is 3.76. The first kappa shape index (κ1) is 16.2. The molecule has 1 aromatic rings. The smallest absolute Gasteiger partial charge is 0.222 e. The molecule has 0 spiro atoms. The molecule has 21 heavy (non-hydrogen) atoms. The summed E-state index contributed by atoms with van der Waals surface area (Å²) in [6.07, 6.45) is 0.339. The zero-order chi connectivity index (χ0) is 15.6. The number of nitrogens with zero attached hydrogens (tertiary/aromatic N) is 1. The number of sulfone groups is 1. The Bertz CT molecular complexity index is 621. The molecule has 0 bridgehead atoms. The number of likely N-dealkylation sites (tertiary alicyclic amines) is 1. The number of rotatable bonds is 5. The number of halogens is 2. The fourth-order valence-electron chi connectivity index (χ4n) is 2.27. The van der Waals surface area contributed by atoms with Crippen LogP contribution in [0.25, 0.3) is 0 Å². The molecule has 0 aliphatic carbocycles. The maximum Gasteiger partial charge on any atom is 0.222 e. The van der Waals surface area contributed by atoms with Gasteiger partial charge in [0.15, 0.2) is 9.84 Å². The molecule has 2 rings (SSSR count). The van der Waals surface area contributed by atoms with Crippen molar-refractivity contribution in [1.29, 1.82) is 0 Å². The lowest BCUT2D eigenvalue weighted by Crippen LogP contribution is -2.57. The normalized spacial score (nSPS) is 15.9. The van der Waals surface area contributed by atoms with Gasteiger partial charge < -0.3 is 4.90 Å². The van der Waals surface area contributed by atoms with Crippen LogP contribution in [-0.2, 0) is 21.1 Å². The van der Waals surface area contributed by atoms with Gasteiger partial charge in [0.25, 0.3) is 0 Å². The lowest BCUT2D eigenvalue weighted by Gasteiger charge is -2.38. The van der Waals surface area contributed by atoms with Crippen molar-refractivity contribution in [2.75, 3.05) is 18.8 Å². The Kier molecular flexibility index (Phi) is 4.88. The highest BCUT2D eigenvalue weighted by Crippen LogP contribution is 2.22. The maximum atomic E-state index is 13.6. The molecule has 1 saturated heterocycles. The van der Waals surface area contributed by atoms with Crippen LogP contribution in [0.5, 0.6) is 0 Å². The Labute approximate surface area is 128 Å². The van der Waals surface area contributed by atoms with Crippen LogP contribution in [0, 0.1) is 5.82 Å². The van der Waals surface area contributed by atoms with E-state index in [0.29, 0.717) is 10.6 Å². The van der Waals surface area contributed by atoms with Gasteiger partial charge in [0.05, 0.1) is 5.25 Å². The van der Waals surface area contributed by atoms with Crippen molar-refractivity contribution >= 4 is 27.3 Å². The monoisotopic (exact) mass is 333 g/mol. The molecule has 116 valence electrons. The van der Waals surface area contributed by atoms with Gasteiger partial charge in [-0.2, -0.15) is 0 Å². The number of benzene rings is 1. The van der Waals surface area contributed by atoms with Crippen LogP contribution in [0.1, 0.15) is 18.9 Å². The van der Waals surface area contributed by atoms with E-state index < -0.39 is 20.9 Å². The van der Waals surface area contributed by atoms with Crippen molar-refractivity contribution < 1.29 is 17.6 Å². The van der Waals surface area contributed by atoms with Gasteiger partial charge in [0, 0.05) is 35.8 Å². The maximum absolute atomic E-state index is 13.6. The topological polar surface area (TPSA) is 54.5 Å². The highest BCUT2D eigenvalue weighted by molar-refractivity contribution is 7.92. The van der Waals surface area contributed by atoms with Crippen LogP contribution in [0.2, 0.25) is 5.02 Å². The molecule has 1 heterocycles. The average Bonchev–Trinajstić information content (AvgIpc) is 2.36. The molecule has 4 nitrogen and oxygen atoms in total. The second-order valence-electron chi connectivity index (χ2n) is 5.07. The van der Waals surface area contributed by atoms with Gasteiger partial charge in [-0.25, -0.2) is 12.8 Å². The summed E-state index contributed by atoms with van der Waals surface area (Å²) in [5.74, 6) is -0.507. The number of hydrogen-bond donors (Lipinski definition) is 0. The van der Waals surface area contributed by atoms with E-state index in [1.54, 1.807) is 13.0 Å². The highest BCUT2D eigenvalue weighted by atomic mass is 35.5. The lowest BCUT2D eigenvalue weighted by atomic mass is 10.1. The van der Waals surface area contributed by atoms with E-state index in [1.165, 1.54) is 17.0 Å². The molecule has 0 N–H and O–H groups in total. The van der Waals surface area contributed by atoms with E-state index in [0.717, 1.165) is 0 Å². The van der Waals surface area contributed by atoms with E-state index >= 15 is 0 Å². The molecular weight excluding hydrogens is 317 g/mol. The summed E-state index contributed by atoms with van der Waals surface area (Å²) in [5.41, 5.74) is 0.325. The first-order valence-corrected chi connectivity index (χ1v) is 8.86. The minimum Gasteiger partial charge on any atom is -0.340 e. The Hall–Kier alpha value is -1.14. The molecule has 0 aromatic heterocycles. The van der Waals surface area contributed by atoms with Crippen LogP contribution >= 0.6 is 11.6 Å². The molecule has 1 aliphatic heterocycles. The van der Waals surface area contributed by atoms with Gasteiger partial charge in [-0.15, -0.1) is 0 Å². The minimum absolute atomic E-state index is 0.0878. The molecule has 1 amide bonds.